The Morgan fingerprint density at radius 1 is 1.41 bits per heavy atom. The van der Waals surface area contributed by atoms with Crippen molar-refractivity contribution >= 4 is 17.2 Å². The average Bonchev–Trinajstić information content (AvgIpc) is 2.28. The number of piperidine rings is 1. The summed E-state index contributed by atoms with van der Waals surface area (Å²) in [4.78, 5) is 3.10. The van der Waals surface area contributed by atoms with Crippen LogP contribution in [0.5, 0.6) is 0 Å². The van der Waals surface area contributed by atoms with Gasteiger partial charge in [0, 0.05) is 19.0 Å². The van der Waals surface area contributed by atoms with Crippen LogP contribution in [-0.2, 0) is 0 Å². The van der Waals surface area contributed by atoms with Gasteiger partial charge < -0.3 is 15.7 Å². The molecule has 0 radical (unpaired) electrons. The lowest BCUT2D eigenvalue weighted by atomic mass is 9.71. The zero-order chi connectivity index (χ0) is 12.3. The Morgan fingerprint density at radius 3 is 3.00 bits per heavy atom. The molecule has 0 amide bonds. The van der Waals surface area contributed by atoms with Gasteiger partial charge in [0.05, 0.1) is 10.6 Å². The quantitative estimate of drug-likeness (QED) is 0.751. The molecule has 0 bridgehead atoms. The molecular weight excluding hydrogens is 232 g/mol. The van der Waals surface area contributed by atoms with Gasteiger partial charge in [-0.2, -0.15) is 0 Å². The van der Waals surface area contributed by atoms with Crippen molar-refractivity contribution in [3.63, 3.8) is 0 Å². The van der Waals surface area contributed by atoms with Gasteiger partial charge in [0.2, 0.25) is 0 Å². The van der Waals surface area contributed by atoms with Crippen LogP contribution in [0.25, 0.3) is 0 Å². The fourth-order valence-corrected chi connectivity index (χ4v) is 3.46. The van der Waals surface area contributed by atoms with E-state index in [0.717, 1.165) is 45.3 Å². The predicted molar refractivity (Wildman–Crippen MR) is 74.0 cm³/mol. The molecule has 1 saturated carbocycles. The zero-order valence-corrected chi connectivity index (χ0v) is 11.3. The van der Waals surface area contributed by atoms with Crippen molar-refractivity contribution in [2.45, 2.75) is 50.5 Å². The number of fused-ring (bicyclic) bond motifs is 1. The summed E-state index contributed by atoms with van der Waals surface area (Å²) >= 11 is 4.89. The van der Waals surface area contributed by atoms with Crippen molar-refractivity contribution < 1.29 is 5.11 Å². The molecule has 1 aliphatic carbocycles. The summed E-state index contributed by atoms with van der Waals surface area (Å²) in [6.07, 6.45) is 7.55. The SMILES string of the molecule is NC(=S)CCCN1CCC2(O)CCCCC2C1. The van der Waals surface area contributed by atoms with Crippen LogP contribution < -0.4 is 5.73 Å². The number of aliphatic hydroxyl groups is 1. The topological polar surface area (TPSA) is 49.5 Å². The third-order valence-corrected chi connectivity index (χ3v) is 4.61. The lowest BCUT2D eigenvalue weighted by Gasteiger charge is -2.47. The first kappa shape index (κ1) is 13.2. The van der Waals surface area contributed by atoms with Crippen molar-refractivity contribution in [2.75, 3.05) is 19.6 Å². The van der Waals surface area contributed by atoms with Crippen molar-refractivity contribution in [1.29, 1.82) is 0 Å². The van der Waals surface area contributed by atoms with Crippen LogP contribution in [0.2, 0.25) is 0 Å². The molecule has 3 N–H and O–H groups in total. The van der Waals surface area contributed by atoms with Gasteiger partial charge in [-0.15, -0.1) is 0 Å². The lowest BCUT2D eigenvalue weighted by molar-refractivity contribution is -0.0952. The van der Waals surface area contributed by atoms with Gasteiger partial charge in [-0.25, -0.2) is 0 Å². The highest BCUT2D eigenvalue weighted by atomic mass is 32.1. The van der Waals surface area contributed by atoms with E-state index in [1.807, 2.05) is 0 Å². The molecule has 1 saturated heterocycles. The van der Waals surface area contributed by atoms with Gasteiger partial charge >= 0.3 is 0 Å². The molecule has 0 aromatic heterocycles. The maximum absolute atomic E-state index is 10.6. The van der Waals surface area contributed by atoms with Crippen molar-refractivity contribution in [2.24, 2.45) is 11.7 Å². The first-order chi connectivity index (χ1) is 8.10. The van der Waals surface area contributed by atoms with Crippen LogP contribution in [0.4, 0.5) is 0 Å². The molecule has 1 aliphatic heterocycles. The van der Waals surface area contributed by atoms with Crippen molar-refractivity contribution in [1.82, 2.24) is 4.90 Å². The number of nitrogens with two attached hydrogens (primary N) is 1. The van der Waals surface area contributed by atoms with E-state index in [1.54, 1.807) is 0 Å². The highest BCUT2D eigenvalue weighted by molar-refractivity contribution is 7.80. The summed E-state index contributed by atoms with van der Waals surface area (Å²) in [5, 5.41) is 10.6. The number of thiocarbonyl (C=S) groups is 1. The van der Waals surface area contributed by atoms with E-state index < -0.39 is 0 Å². The van der Waals surface area contributed by atoms with Gasteiger partial charge in [0.25, 0.3) is 0 Å². The molecule has 2 unspecified atom stereocenters. The molecule has 0 spiro atoms. The smallest absolute Gasteiger partial charge is 0.0727 e. The Hall–Kier alpha value is -0.190. The molecule has 2 aliphatic rings. The van der Waals surface area contributed by atoms with Gasteiger partial charge in [-0.05, 0) is 38.6 Å². The minimum atomic E-state index is -0.349. The second-order valence-corrected chi connectivity index (χ2v) is 6.19. The van der Waals surface area contributed by atoms with Crippen LogP contribution in [0.15, 0.2) is 0 Å². The molecule has 17 heavy (non-hydrogen) atoms. The van der Waals surface area contributed by atoms with E-state index in [0.29, 0.717) is 10.9 Å². The number of rotatable bonds is 4. The van der Waals surface area contributed by atoms with E-state index in [2.05, 4.69) is 4.90 Å². The third kappa shape index (κ3) is 3.39. The molecule has 0 aromatic carbocycles. The van der Waals surface area contributed by atoms with Crippen LogP contribution >= 0.6 is 12.2 Å². The van der Waals surface area contributed by atoms with E-state index in [9.17, 15) is 5.11 Å². The molecule has 98 valence electrons. The van der Waals surface area contributed by atoms with Gasteiger partial charge in [0.1, 0.15) is 0 Å². The van der Waals surface area contributed by atoms with Crippen LogP contribution in [0, 0.1) is 5.92 Å². The lowest BCUT2D eigenvalue weighted by Crippen LogP contribution is -2.53. The molecular formula is C13H24N2OS. The maximum Gasteiger partial charge on any atom is 0.0727 e. The Balaban J connectivity index is 1.79. The molecule has 0 aromatic rings. The first-order valence-electron chi connectivity index (χ1n) is 6.83. The Kier molecular flexibility index (Phi) is 4.39. The molecule has 2 atom stereocenters. The van der Waals surface area contributed by atoms with Crippen LogP contribution in [-0.4, -0.2) is 40.2 Å². The summed E-state index contributed by atoms with van der Waals surface area (Å²) in [6.45, 7) is 3.17. The summed E-state index contributed by atoms with van der Waals surface area (Å²) in [6, 6.07) is 0. The summed E-state index contributed by atoms with van der Waals surface area (Å²) in [5.74, 6) is 0.495. The van der Waals surface area contributed by atoms with Crippen LogP contribution in [0.3, 0.4) is 0 Å². The normalized spacial score (nSPS) is 34.3. The fraction of sp³-hybridized carbons (Fsp3) is 0.923. The highest BCUT2D eigenvalue weighted by Gasteiger charge is 2.42. The highest BCUT2D eigenvalue weighted by Crippen LogP contribution is 2.39. The standard InChI is InChI=1S/C13H24N2OS/c14-12(17)5-3-8-15-9-7-13(16)6-2-1-4-11(13)10-15/h11,16H,1-10H2,(H2,14,17). The van der Waals surface area contributed by atoms with E-state index >= 15 is 0 Å². The van der Waals surface area contributed by atoms with Gasteiger partial charge in [0.15, 0.2) is 0 Å². The first-order valence-corrected chi connectivity index (χ1v) is 7.24. The van der Waals surface area contributed by atoms with Crippen molar-refractivity contribution in [3.05, 3.63) is 0 Å². The van der Waals surface area contributed by atoms with Gasteiger partial charge in [-0.3, -0.25) is 0 Å². The number of hydrogen-bond donors (Lipinski definition) is 2. The minimum absolute atomic E-state index is 0.349. The van der Waals surface area contributed by atoms with Gasteiger partial charge in [-0.1, -0.05) is 25.1 Å². The minimum Gasteiger partial charge on any atom is -0.393 e. The number of nitrogens with zero attached hydrogens (tertiary/aromatic N) is 1. The largest absolute Gasteiger partial charge is 0.393 e. The second-order valence-electron chi connectivity index (χ2n) is 5.67. The third-order valence-electron chi connectivity index (χ3n) is 4.41. The fourth-order valence-electron chi connectivity index (χ4n) is 3.32. The Labute approximate surface area is 109 Å². The van der Waals surface area contributed by atoms with Crippen LogP contribution in [0.1, 0.15) is 44.9 Å². The monoisotopic (exact) mass is 256 g/mol. The Bertz CT molecular complexity index is 285. The van der Waals surface area contributed by atoms with Crippen molar-refractivity contribution in [3.8, 4) is 0 Å². The molecule has 4 heteroatoms. The molecule has 2 fully saturated rings. The van der Waals surface area contributed by atoms with E-state index in [-0.39, 0.29) is 5.60 Å². The number of hydrogen-bond acceptors (Lipinski definition) is 3. The maximum atomic E-state index is 10.6. The van der Waals surface area contributed by atoms with E-state index in [1.165, 1.54) is 19.3 Å². The number of likely N-dealkylation sites (tertiary alicyclic amines) is 1. The predicted octanol–water partition coefficient (Wildman–Crippen LogP) is 1.68. The summed E-state index contributed by atoms with van der Waals surface area (Å²) in [5.41, 5.74) is 5.16. The molecule has 2 rings (SSSR count). The molecule has 3 nitrogen and oxygen atoms in total. The summed E-state index contributed by atoms with van der Waals surface area (Å²) < 4.78 is 0. The Morgan fingerprint density at radius 2 is 2.24 bits per heavy atom. The summed E-state index contributed by atoms with van der Waals surface area (Å²) in [7, 11) is 0. The zero-order valence-electron chi connectivity index (χ0n) is 10.5. The van der Waals surface area contributed by atoms with E-state index in [4.69, 9.17) is 18.0 Å². The molecule has 1 heterocycles. The second kappa shape index (κ2) is 5.63. The average molecular weight is 256 g/mol.